The number of halogens is 1. The Hall–Kier alpha value is -2.18. The maximum absolute atomic E-state index is 13.5. The quantitative estimate of drug-likeness (QED) is 0.521. The molecule has 11 heteroatoms. The third kappa shape index (κ3) is 5.07. The number of anilines is 2. The molecule has 1 N–H and O–H groups in total. The van der Waals surface area contributed by atoms with Gasteiger partial charge < -0.3 is 5.32 Å². The third-order valence-corrected chi connectivity index (χ3v) is 8.58. The first-order chi connectivity index (χ1) is 15.2. The van der Waals surface area contributed by atoms with Crippen molar-refractivity contribution in [2.24, 2.45) is 0 Å². The van der Waals surface area contributed by atoms with E-state index in [2.05, 4.69) is 41.3 Å². The summed E-state index contributed by atoms with van der Waals surface area (Å²) in [4.78, 5) is 2.09. The van der Waals surface area contributed by atoms with E-state index in [1.165, 1.54) is 45.0 Å². The standard InChI is InChI=1S/C21H24FN5O2S3/c1-15-6-7-18(12-16(15)2)23-20-24-27(21(30)31-20)14-25-8-10-26(11-9-25)32(28,29)19-5-3-4-17(22)13-19/h3-7,12-13H,8-11,14H2,1-2H3,(H,23,24). The molecule has 0 atom stereocenters. The van der Waals surface area contributed by atoms with Crippen LogP contribution in [0.5, 0.6) is 0 Å². The maximum Gasteiger partial charge on any atom is 0.243 e. The van der Waals surface area contributed by atoms with Gasteiger partial charge in [-0.1, -0.05) is 23.5 Å². The summed E-state index contributed by atoms with van der Waals surface area (Å²) in [7, 11) is -3.71. The van der Waals surface area contributed by atoms with Gasteiger partial charge in [0.15, 0.2) is 3.95 Å². The summed E-state index contributed by atoms with van der Waals surface area (Å²) in [6.45, 7) is 6.34. The minimum Gasteiger partial charge on any atom is -0.330 e. The van der Waals surface area contributed by atoms with Gasteiger partial charge in [0, 0.05) is 31.9 Å². The number of aromatic nitrogens is 2. The van der Waals surface area contributed by atoms with E-state index >= 15 is 0 Å². The van der Waals surface area contributed by atoms with Crippen molar-refractivity contribution in [1.29, 1.82) is 0 Å². The Kier molecular flexibility index (Phi) is 6.72. The fourth-order valence-electron chi connectivity index (χ4n) is 3.47. The maximum atomic E-state index is 13.5. The molecule has 0 saturated carbocycles. The fraction of sp³-hybridized carbons (Fsp3) is 0.333. The van der Waals surface area contributed by atoms with Gasteiger partial charge in [0.05, 0.1) is 11.6 Å². The summed E-state index contributed by atoms with van der Waals surface area (Å²) in [5.41, 5.74) is 3.39. The Morgan fingerprint density at radius 2 is 1.84 bits per heavy atom. The molecule has 7 nitrogen and oxygen atoms in total. The molecule has 1 aromatic heterocycles. The summed E-state index contributed by atoms with van der Waals surface area (Å²) >= 11 is 6.87. The smallest absolute Gasteiger partial charge is 0.243 e. The molecular weight excluding hydrogens is 469 g/mol. The van der Waals surface area contributed by atoms with Crippen LogP contribution in [0.25, 0.3) is 0 Å². The van der Waals surface area contributed by atoms with Gasteiger partial charge in [0.25, 0.3) is 0 Å². The summed E-state index contributed by atoms with van der Waals surface area (Å²) in [6.07, 6.45) is 0. The second kappa shape index (κ2) is 9.36. The highest BCUT2D eigenvalue weighted by Gasteiger charge is 2.29. The number of rotatable bonds is 6. The average Bonchev–Trinajstić information content (AvgIpc) is 3.09. The Balaban J connectivity index is 1.38. The van der Waals surface area contributed by atoms with Crippen LogP contribution in [0.4, 0.5) is 15.2 Å². The lowest BCUT2D eigenvalue weighted by molar-refractivity contribution is 0.145. The van der Waals surface area contributed by atoms with Crippen LogP contribution in [0, 0.1) is 23.6 Å². The first-order valence-corrected chi connectivity index (χ1v) is 12.8. The zero-order valence-corrected chi connectivity index (χ0v) is 20.2. The predicted molar refractivity (Wildman–Crippen MR) is 127 cm³/mol. The Bertz CT molecular complexity index is 1280. The van der Waals surface area contributed by atoms with Crippen molar-refractivity contribution in [3.8, 4) is 0 Å². The van der Waals surface area contributed by atoms with Gasteiger partial charge in [-0.15, -0.1) is 5.10 Å². The Labute approximate surface area is 196 Å². The van der Waals surface area contributed by atoms with Crippen molar-refractivity contribution in [3.05, 3.63) is 63.4 Å². The molecule has 170 valence electrons. The third-order valence-electron chi connectivity index (χ3n) is 5.46. The van der Waals surface area contributed by atoms with Gasteiger partial charge in [-0.05, 0) is 67.5 Å². The molecule has 0 aliphatic carbocycles. The van der Waals surface area contributed by atoms with Crippen molar-refractivity contribution < 1.29 is 12.8 Å². The van der Waals surface area contributed by atoms with Crippen LogP contribution in [0.15, 0.2) is 47.4 Å². The van der Waals surface area contributed by atoms with Gasteiger partial charge in [0.2, 0.25) is 15.2 Å². The predicted octanol–water partition coefficient (Wildman–Crippen LogP) is 4.14. The zero-order valence-electron chi connectivity index (χ0n) is 17.8. The van der Waals surface area contributed by atoms with E-state index in [1.807, 2.05) is 6.07 Å². The Morgan fingerprint density at radius 3 is 2.53 bits per heavy atom. The van der Waals surface area contributed by atoms with Crippen LogP contribution < -0.4 is 5.32 Å². The number of hydrogen-bond donors (Lipinski definition) is 1. The molecule has 0 amide bonds. The van der Waals surface area contributed by atoms with E-state index in [0.717, 1.165) is 11.8 Å². The number of sulfonamides is 1. The molecule has 3 aromatic rings. The van der Waals surface area contributed by atoms with Gasteiger partial charge in [-0.25, -0.2) is 17.5 Å². The fourth-order valence-corrected chi connectivity index (χ4v) is 5.93. The highest BCUT2D eigenvalue weighted by molar-refractivity contribution is 7.89. The summed E-state index contributed by atoms with van der Waals surface area (Å²) in [5.74, 6) is -0.562. The molecule has 1 fully saturated rings. The molecule has 0 spiro atoms. The van der Waals surface area contributed by atoms with E-state index in [1.54, 1.807) is 4.68 Å². The summed E-state index contributed by atoms with van der Waals surface area (Å²) in [6, 6.07) is 11.3. The second-order valence-corrected chi connectivity index (χ2v) is 11.3. The van der Waals surface area contributed by atoms with E-state index in [0.29, 0.717) is 41.9 Å². The number of nitrogens with zero attached hydrogens (tertiary/aromatic N) is 4. The molecule has 1 aliphatic heterocycles. The first kappa shape index (κ1) is 23.0. The Morgan fingerprint density at radius 1 is 1.09 bits per heavy atom. The minimum atomic E-state index is -3.71. The number of nitrogens with one attached hydrogen (secondary N) is 1. The normalized spacial score (nSPS) is 15.7. The van der Waals surface area contributed by atoms with E-state index in [9.17, 15) is 12.8 Å². The lowest BCUT2D eigenvalue weighted by Gasteiger charge is -2.33. The molecule has 0 bridgehead atoms. The van der Waals surface area contributed by atoms with Crippen molar-refractivity contribution in [3.63, 3.8) is 0 Å². The topological polar surface area (TPSA) is 70.5 Å². The van der Waals surface area contributed by atoms with Crippen molar-refractivity contribution in [2.75, 3.05) is 31.5 Å². The second-order valence-electron chi connectivity index (χ2n) is 7.72. The van der Waals surface area contributed by atoms with Crippen LogP contribution in [0.1, 0.15) is 11.1 Å². The number of hydrogen-bond acceptors (Lipinski definition) is 7. The van der Waals surface area contributed by atoms with Crippen molar-refractivity contribution >= 4 is 44.4 Å². The molecular formula is C21H24FN5O2S3. The highest BCUT2D eigenvalue weighted by atomic mass is 32.2. The first-order valence-electron chi connectivity index (χ1n) is 10.1. The lowest BCUT2D eigenvalue weighted by Crippen LogP contribution is -2.48. The molecule has 2 aromatic carbocycles. The largest absolute Gasteiger partial charge is 0.330 e. The molecule has 1 aliphatic rings. The van der Waals surface area contributed by atoms with Crippen molar-refractivity contribution in [1.82, 2.24) is 19.0 Å². The summed E-state index contributed by atoms with van der Waals surface area (Å²) < 4.78 is 42.8. The molecule has 0 unspecified atom stereocenters. The van der Waals surface area contributed by atoms with E-state index in [4.69, 9.17) is 12.2 Å². The lowest BCUT2D eigenvalue weighted by atomic mass is 10.1. The molecule has 4 rings (SSSR count). The summed E-state index contributed by atoms with van der Waals surface area (Å²) in [5, 5.41) is 8.60. The zero-order chi connectivity index (χ0) is 22.9. The van der Waals surface area contributed by atoms with Gasteiger partial charge in [0.1, 0.15) is 5.82 Å². The van der Waals surface area contributed by atoms with Gasteiger partial charge in [-0.3, -0.25) is 4.90 Å². The number of aryl methyl sites for hydroxylation is 2. The monoisotopic (exact) mass is 493 g/mol. The average molecular weight is 494 g/mol. The van der Waals surface area contributed by atoms with E-state index in [-0.39, 0.29) is 4.90 Å². The highest BCUT2D eigenvalue weighted by Crippen LogP contribution is 2.23. The van der Waals surface area contributed by atoms with Crippen LogP contribution in [0.3, 0.4) is 0 Å². The number of benzene rings is 2. The molecule has 32 heavy (non-hydrogen) atoms. The number of piperazine rings is 1. The van der Waals surface area contributed by atoms with Gasteiger partial charge in [-0.2, -0.15) is 4.31 Å². The molecule has 2 heterocycles. The molecule has 1 saturated heterocycles. The SMILES string of the molecule is Cc1ccc(Nc2nn(CN3CCN(S(=O)(=O)c4cccc(F)c4)CC3)c(=S)s2)cc1C. The van der Waals surface area contributed by atoms with E-state index < -0.39 is 15.8 Å². The van der Waals surface area contributed by atoms with Crippen LogP contribution >= 0.6 is 23.6 Å². The van der Waals surface area contributed by atoms with Crippen LogP contribution in [-0.2, 0) is 16.7 Å². The van der Waals surface area contributed by atoms with Gasteiger partial charge >= 0.3 is 0 Å². The molecule has 0 radical (unpaired) electrons. The van der Waals surface area contributed by atoms with Crippen LogP contribution in [-0.4, -0.2) is 53.6 Å². The van der Waals surface area contributed by atoms with Crippen LogP contribution in [0.2, 0.25) is 0 Å². The van der Waals surface area contributed by atoms with Crippen molar-refractivity contribution in [2.45, 2.75) is 25.4 Å². The minimum absolute atomic E-state index is 0.0188.